The minimum atomic E-state index is -0.388. The lowest BCUT2D eigenvalue weighted by Gasteiger charge is -2.11. The van der Waals surface area contributed by atoms with Crippen molar-refractivity contribution >= 4 is 23.3 Å². The molecule has 0 saturated carbocycles. The highest BCUT2D eigenvalue weighted by Gasteiger charge is 2.07. The number of hydrogen-bond acceptors (Lipinski definition) is 7. The van der Waals surface area contributed by atoms with Crippen LogP contribution in [0.15, 0.2) is 60.9 Å². The summed E-state index contributed by atoms with van der Waals surface area (Å²) in [7, 11) is 3.00. The number of carbonyl (C=O) groups is 1. The minimum absolute atomic E-state index is 0.388. The van der Waals surface area contributed by atoms with Crippen LogP contribution in [0.25, 0.3) is 0 Å². The molecule has 27 heavy (non-hydrogen) atoms. The van der Waals surface area contributed by atoms with Crippen LogP contribution in [0, 0.1) is 0 Å². The van der Waals surface area contributed by atoms with Gasteiger partial charge in [0.25, 0.3) is 0 Å². The second kappa shape index (κ2) is 8.66. The number of aromatic nitrogens is 2. The third kappa shape index (κ3) is 4.72. The molecule has 0 unspecified atom stereocenters. The number of nitrogens with one attached hydrogen (secondary N) is 2. The number of carbonyl (C=O) groups excluding carboxylic acids is 1. The molecule has 2 N–H and O–H groups in total. The molecule has 2 aromatic carbocycles. The Bertz CT molecular complexity index is 930. The van der Waals surface area contributed by atoms with Gasteiger partial charge in [-0.25, -0.2) is 14.8 Å². The first-order valence-electron chi connectivity index (χ1n) is 8.33. The van der Waals surface area contributed by atoms with Crippen LogP contribution >= 0.6 is 0 Å². The van der Waals surface area contributed by atoms with E-state index in [0.717, 1.165) is 17.0 Å². The van der Waals surface area contributed by atoms with E-state index in [9.17, 15) is 4.79 Å². The van der Waals surface area contributed by atoms with Crippen molar-refractivity contribution in [3.63, 3.8) is 0 Å². The molecular weight excluding hydrogens is 344 g/mol. The maximum Gasteiger partial charge on any atom is 0.337 e. The summed E-state index contributed by atoms with van der Waals surface area (Å²) in [6.45, 7) is 0.568. The lowest BCUT2D eigenvalue weighted by molar-refractivity contribution is 0.0601. The molecule has 1 aromatic heterocycles. The fourth-order valence-electron chi connectivity index (χ4n) is 2.55. The second-order valence-electron chi connectivity index (χ2n) is 5.65. The van der Waals surface area contributed by atoms with Crippen molar-refractivity contribution in [1.29, 1.82) is 0 Å². The Kier molecular flexibility index (Phi) is 5.84. The Morgan fingerprint density at radius 2 is 1.81 bits per heavy atom. The van der Waals surface area contributed by atoms with Gasteiger partial charge < -0.3 is 20.1 Å². The van der Waals surface area contributed by atoms with Gasteiger partial charge in [-0.3, -0.25) is 0 Å². The zero-order valence-electron chi connectivity index (χ0n) is 15.1. The van der Waals surface area contributed by atoms with E-state index in [2.05, 4.69) is 20.6 Å². The van der Waals surface area contributed by atoms with Gasteiger partial charge in [0.2, 0.25) is 0 Å². The molecule has 0 atom stereocenters. The summed E-state index contributed by atoms with van der Waals surface area (Å²) in [5, 5.41) is 6.42. The Morgan fingerprint density at radius 3 is 2.63 bits per heavy atom. The number of hydrogen-bond donors (Lipinski definition) is 2. The molecule has 0 aliphatic carbocycles. The number of benzene rings is 2. The molecule has 0 bridgehead atoms. The van der Waals surface area contributed by atoms with E-state index in [1.54, 1.807) is 31.4 Å². The SMILES string of the molecule is COC(=O)c1cccc(Nc2cc(NCc3ccccc3OC)ncn2)c1. The van der Waals surface area contributed by atoms with Gasteiger partial charge in [-0.2, -0.15) is 0 Å². The van der Waals surface area contributed by atoms with Crippen LogP contribution < -0.4 is 15.4 Å². The Balaban J connectivity index is 1.70. The highest BCUT2D eigenvalue weighted by atomic mass is 16.5. The summed E-state index contributed by atoms with van der Waals surface area (Å²) in [6.07, 6.45) is 1.47. The van der Waals surface area contributed by atoms with Gasteiger partial charge in [0.15, 0.2) is 0 Å². The largest absolute Gasteiger partial charge is 0.496 e. The number of rotatable bonds is 7. The molecule has 138 valence electrons. The minimum Gasteiger partial charge on any atom is -0.496 e. The molecule has 0 aliphatic heterocycles. The topological polar surface area (TPSA) is 85.4 Å². The monoisotopic (exact) mass is 364 g/mol. The quantitative estimate of drug-likeness (QED) is 0.619. The fraction of sp³-hybridized carbons (Fsp3) is 0.150. The number of methoxy groups -OCH3 is 2. The van der Waals surface area contributed by atoms with Gasteiger partial charge >= 0.3 is 5.97 Å². The summed E-state index contributed by atoms with van der Waals surface area (Å²) in [6, 6.07) is 16.6. The zero-order chi connectivity index (χ0) is 19.1. The Labute approximate surface area is 157 Å². The van der Waals surface area contributed by atoms with Crippen LogP contribution in [0.3, 0.4) is 0 Å². The molecule has 1 heterocycles. The van der Waals surface area contributed by atoms with Crippen molar-refractivity contribution < 1.29 is 14.3 Å². The second-order valence-corrected chi connectivity index (χ2v) is 5.65. The maximum atomic E-state index is 11.6. The maximum absolute atomic E-state index is 11.6. The molecule has 0 spiro atoms. The van der Waals surface area contributed by atoms with Crippen LogP contribution in [0.4, 0.5) is 17.3 Å². The van der Waals surface area contributed by atoms with Crippen molar-refractivity contribution in [3.05, 3.63) is 72.1 Å². The Hall–Kier alpha value is -3.61. The summed E-state index contributed by atoms with van der Waals surface area (Å²) in [5.41, 5.74) is 2.22. The van der Waals surface area contributed by atoms with E-state index in [-0.39, 0.29) is 5.97 Å². The van der Waals surface area contributed by atoms with E-state index in [0.29, 0.717) is 23.7 Å². The fourth-order valence-corrected chi connectivity index (χ4v) is 2.55. The molecule has 0 aliphatic rings. The third-order valence-electron chi connectivity index (χ3n) is 3.88. The third-order valence-corrected chi connectivity index (χ3v) is 3.88. The van der Waals surface area contributed by atoms with E-state index in [1.807, 2.05) is 30.3 Å². The van der Waals surface area contributed by atoms with Crippen LogP contribution in [-0.4, -0.2) is 30.2 Å². The van der Waals surface area contributed by atoms with Crippen molar-refractivity contribution in [2.75, 3.05) is 24.9 Å². The molecule has 7 heteroatoms. The predicted molar refractivity (Wildman–Crippen MR) is 103 cm³/mol. The summed E-state index contributed by atoms with van der Waals surface area (Å²) in [5.74, 6) is 1.70. The number of nitrogens with zero attached hydrogens (tertiary/aromatic N) is 2. The number of anilines is 3. The van der Waals surface area contributed by atoms with Crippen LogP contribution in [-0.2, 0) is 11.3 Å². The van der Waals surface area contributed by atoms with Crippen LogP contribution in [0.5, 0.6) is 5.75 Å². The zero-order valence-corrected chi connectivity index (χ0v) is 15.1. The van der Waals surface area contributed by atoms with Gasteiger partial charge in [0.1, 0.15) is 23.7 Å². The highest BCUT2D eigenvalue weighted by molar-refractivity contribution is 5.90. The summed E-state index contributed by atoms with van der Waals surface area (Å²) in [4.78, 5) is 20.1. The van der Waals surface area contributed by atoms with E-state index in [1.165, 1.54) is 13.4 Å². The van der Waals surface area contributed by atoms with Crippen molar-refractivity contribution in [2.24, 2.45) is 0 Å². The van der Waals surface area contributed by atoms with Gasteiger partial charge in [-0.05, 0) is 24.3 Å². The molecule has 0 fully saturated rings. The van der Waals surface area contributed by atoms with Crippen LogP contribution in [0.2, 0.25) is 0 Å². The molecule has 7 nitrogen and oxygen atoms in total. The van der Waals surface area contributed by atoms with E-state index < -0.39 is 0 Å². The normalized spacial score (nSPS) is 10.1. The van der Waals surface area contributed by atoms with Crippen molar-refractivity contribution in [3.8, 4) is 5.75 Å². The summed E-state index contributed by atoms with van der Waals surface area (Å²) >= 11 is 0. The Morgan fingerprint density at radius 1 is 1.00 bits per heavy atom. The van der Waals surface area contributed by atoms with E-state index >= 15 is 0 Å². The number of para-hydroxylation sites is 1. The molecule has 3 aromatic rings. The molecule has 3 rings (SSSR count). The lowest BCUT2D eigenvalue weighted by atomic mass is 10.2. The van der Waals surface area contributed by atoms with Crippen LogP contribution in [0.1, 0.15) is 15.9 Å². The number of esters is 1. The molecule has 0 radical (unpaired) electrons. The first-order chi connectivity index (χ1) is 13.2. The smallest absolute Gasteiger partial charge is 0.337 e. The predicted octanol–water partition coefficient (Wildman–Crippen LogP) is 3.63. The molecule has 0 amide bonds. The first-order valence-corrected chi connectivity index (χ1v) is 8.33. The van der Waals surface area contributed by atoms with Gasteiger partial charge in [-0.1, -0.05) is 24.3 Å². The van der Waals surface area contributed by atoms with E-state index in [4.69, 9.17) is 9.47 Å². The summed E-state index contributed by atoms with van der Waals surface area (Å²) < 4.78 is 10.1. The highest BCUT2D eigenvalue weighted by Crippen LogP contribution is 2.20. The molecule has 0 saturated heterocycles. The van der Waals surface area contributed by atoms with Gasteiger partial charge in [-0.15, -0.1) is 0 Å². The standard InChI is InChI=1S/C20H20N4O3/c1-26-17-9-4-3-6-15(17)12-21-18-11-19(23-13-22-18)24-16-8-5-7-14(10-16)20(25)27-2/h3-11,13H,12H2,1-2H3,(H2,21,22,23,24). The van der Waals surface area contributed by atoms with Gasteiger partial charge in [0.05, 0.1) is 19.8 Å². The lowest BCUT2D eigenvalue weighted by Crippen LogP contribution is -2.05. The van der Waals surface area contributed by atoms with Crippen molar-refractivity contribution in [1.82, 2.24) is 9.97 Å². The van der Waals surface area contributed by atoms with Crippen molar-refractivity contribution in [2.45, 2.75) is 6.54 Å². The van der Waals surface area contributed by atoms with Gasteiger partial charge in [0, 0.05) is 23.9 Å². The average Bonchev–Trinajstić information content (AvgIpc) is 2.72. The number of ether oxygens (including phenoxy) is 2. The first kappa shape index (κ1) is 18.2. The molecular formula is C20H20N4O3. The average molecular weight is 364 g/mol.